The number of benzene rings is 1. The van der Waals surface area contributed by atoms with Crippen molar-refractivity contribution in [3.63, 3.8) is 0 Å². The molecule has 1 amide bonds. The van der Waals surface area contributed by atoms with Crippen LogP contribution >= 0.6 is 0 Å². The van der Waals surface area contributed by atoms with E-state index in [1.165, 1.54) is 0 Å². The van der Waals surface area contributed by atoms with Gasteiger partial charge in [-0.2, -0.15) is 0 Å². The van der Waals surface area contributed by atoms with Crippen molar-refractivity contribution in [3.8, 4) is 5.75 Å². The minimum atomic E-state index is -0.0360. The fourth-order valence-corrected chi connectivity index (χ4v) is 1.95. The zero-order chi connectivity index (χ0) is 12.1. The molecule has 2 N–H and O–H groups in total. The maximum absolute atomic E-state index is 11.6. The van der Waals surface area contributed by atoms with Gasteiger partial charge in [-0.05, 0) is 30.5 Å². The fraction of sp³-hybridized carbons (Fsp3) is 0.462. The number of amides is 1. The van der Waals surface area contributed by atoms with Gasteiger partial charge in [0, 0.05) is 13.2 Å². The minimum absolute atomic E-state index is 0.0360. The molecule has 1 aliphatic rings. The SMILES string of the molecule is O=C(Cc1cccc(O)c1)NCC1CCCO1. The Kier molecular flexibility index (Phi) is 3.98. The largest absolute Gasteiger partial charge is 0.508 e. The molecule has 0 aromatic heterocycles. The van der Waals surface area contributed by atoms with Gasteiger partial charge in [0.05, 0.1) is 12.5 Å². The molecule has 1 aromatic rings. The van der Waals surface area contributed by atoms with Crippen molar-refractivity contribution < 1.29 is 14.6 Å². The summed E-state index contributed by atoms with van der Waals surface area (Å²) in [6, 6.07) is 6.75. The van der Waals surface area contributed by atoms with Gasteiger partial charge in [-0.25, -0.2) is 0 Å². The summed E-state index contributed by atoms with van der Waals surface area (Å²) in [6.45, 7) is 1.38. The highest BCUT2D eigenvalue weighted by atomic mass is 16.5. The third-order valence-electron chi connectivity index (χ3n) is 2.83. The number of rotatable bonds is 4. The summed E-state index contributed by atoms with van der Waals surface area (Å²) in [4.78, 5) is 11.6. The van der Waals surface area contributed by atoms with E-state index >= 15 is 0 Å². The van der Waals surface area contributed by atoms with Gasteiger partial charge in [-0.3, -0.25) is 4.79 Å². The molecular formula is C13H17NO3. The molecule has 0 bridgehead atoms. The predicted octanol–water partition coefficient (Wildman–Crippen LogP) is 1.23. The molecule has 17 heavy (non-hydrogen) atoms. The van der Waals surface area contributed by atoms with Crippen LogP contribution in [0.5, 0.6) is 5.75 Å². The Balaban J connectivity index is 1.76. The maximum Gasteiger partial charge on any atom is 0.224 e. The third-order valence-corrected chi connectivity index (χ3v) is 2.83. The second-order valence-electron chi connectivity index (χ2n) is 4.29. The average molecular weight is 235 g/mol. The molecule has 2 rings (SSSR count). The van der Waals surface area contributed by atoms with Crippen LogP contribution in [0.3, 0.4) is 0 Å². The number of hydrogen-bond donors (Lipinski definition) is 2. The van der Waals surface area contributed by atoms with E-state index in [1.54, 1.807) is 18.2 Å². The average Bonchev–Trinajstić information content (AvgIpc) is 2.79. The first-order valence-corrected chi connectivity index (χ1v) is 5.90. The molecule has 92 valence electrons. The highest BCUT2D eigenvalue weighted by Crippen LogP contribution is 2.12. The smallest absolute Gasteiger partial charge is 0.224 e. The summed E-state index contributed by atoms with van der Waals surface area (Å²) < 4.78 is 5.42. The highest BCUT2D eigenvalue weighted by molar-refractivity contribution is 5.78. The second kappa shape index (κ2) is 5.68. The third kappa shape index (κ3) is 3.75. The fourth-order valence-electron chi connectivity index (χ4n) is 1.95. The molecule has 1 aromatic carbocycles. The summed E-state index contributed by atoms with van der Waals surface area (Å²) >= 11 is 0. The van der Waals surface area contributed by atoms with Crippen molar-refractivity contribution >= 4 is 5.91 Å². The Morgan fingerprint density at radius 2 is 2.41 bits per heavy atom. The first-order valence-electron chi connectivity index (χ1n) is 5.90. The van der Waals surface area contributed by atoms with Gasteiger partial charge in [-0.15, -0.1) is 0 Å². The molecule has 0 aliphatic carbocycles. The lowest BCUT2D eigenvalue weighted by Crippen LogP contribution is -2.32. The standard InChI is InChI=1S/C13H17NO3/c15-11-4-1-3-10(7-11)8-13(16)14-9-12-5-2-6-17-12/h1,3-4,7,12,15H,2,5-6,8-9H2,(H,14,16). The molecule has 4 nitrogen and oxygen atoms in total. The van der Waals surface area contributed by atoms with Crippen LogP contribution in [0.4, 0.5) is 0 Å². The van der Waals surface area contributed by atoms with Gasteiger partial charge < -0.3 is 15.2 Å². The molecule has 0 saturated carbocycles. The number of carbonyl (C=O) groups excluding carboxylic acids is 1. The number of hydrogen-bond acceptors (Lipinski definition) is 3. The number of carbonyl (C=O) groups is 1. The lowest BCUT2D eigenvalue weighted by atomic mass is 10.1. The summed E-state index contributed by atoms with van der Waals surface area (Å²) in [7, 11) is 0. The molecule has 1 heterocycles. The summed E-state index contributed by atoms with van der Waals surface area (Å²) in [6.07, 6.45) is 2.56. The quantitative estimate of drug-likeness (QED) is 0.825. The van der Waals surface area contributed by atoms with Gasteiger partial charge >= 0.3 is 0 Å². The van der Waals surface area contributed by atoms with Crippen LogP contribution in [0.2, 0.25) is 0 Å². The van der Waals surface area contributed by atoms with E-state index in [1.807, 2.05) is 6.07 Å². The Morgan fingerprint density at radius 3 is 3.12 bits per heavy atom. The van der Waals surface area contributed by atoms with E-state index in [-0.39, 0.29) is 17.8 Å². The molecule has 0 radical (unpaired) electrons. The molecule has 1 fully saturated rings. The van der Waals surface area contributed by atoms with Gasteiger partial charge in [0.25, 0.3) is 0 Å². The minimum Gasteiger partial charge on any atom is -0.508 e. The summed E-state index contributed by atoms with van der Waals surface area (Å²) in [5.41, 5.74) is 0.815. The van der Waals surface area contributed by atoms with Crippen LogP contribution in [-0.4, -0.2) is 30.3 Å². The number of phenolic OH excluding ortho intramolecular Hbond substituents is 1. The van der Waals surface area contributed by atoms with Crippen LogP contribution in [0.25, 0.3) is 0 Å². The van der Waals surface area contributed by atoms with Crippen molar-refractivity contribution in [3.05, 3.63) is 29.8 Å². The van der Waals surface area contributed by atoms with Crippen LogP contribution in [0.15, 0.2) is 24.3 Å². The van der Waals surface area contributed by atoms with Crippen molar-refractivity contribution in [1.29, 1.82) is 0 Å². The van der Waals surface area contributed by atoms with E-state index in [0.717, 1.165) is 25.0 Å². The lowest BCUT2D eigenvalue weighted by Gasteiger charge is -2.10. The number of ether oxygens (including phenoxy) is 1. The van der Waals surface area contributed by atoms with Gasteiger partial charge in [0.2, 0.25) is 5.91 Å². The van der Waals surface area contributed by atoms with Crippen molar-refractivity contribution in [2.24, 2.45) is 0 Å². The Bertz CT molecular complexity index is 386. The van der Waals surface area contributed by atoms with E-state index in [2.05, 4.69) is 5.32 Å². The van der Waals surface area contributed by atoms with E-state index in [9.17, 15) is 9.90 Å². The van der Waals surface area contributed by atoms with Crippen LogP contribution in [0.1, 0.15) is 18.4 Å². The molecule has 1 unspecified atom stereocenters. The normalized spacial score (nSPS) is 19.2. The van der Waals surface area contributed by atoms with Gasteiger partial charge in [-0.1, -0.05) is 12.1 Å². The molecule has 1 aliphatic heterocycles. The predicted molar refractivity (Wildman–Crippen MR) is 63.8 cm³/mol. The number of nitrogens with one attached hydrogen (secondary N) is 1. The molecular weight excluding hydrogens is 218 g/mol. The van der Waals surface area contributed by atoms with Crippen LogP contribution in [0, 0.1) is 0 Å². The van der Waals surface area contributed by atoms with Crippen molar-refractivity contribution in [1.82, 2.24) is 5.32 Å². The maximum atomic E-state index is 11.6. The van der Waals surface area contributed by atoms with Crippen molar-refractivity contribution in [2.75, 3.05) is 13.2 Å². The first kappa shape index (κ1) is 11.9. The van der Waals surface area contributed by atoms with Crippen LogP contribution in [-0.2, 0) is 16.0 Å². The number of phenols is 1. The molecule has 1 atom stereocenters. The zero-order valence-electron chi connectivity index (χ0n) is 9.69. The Hall–Kier alpha value is -1.55. The van der Waals surface area contributed by atoms with Gasteiger partial charge in [0.1, 0.15) is 5.75 Å². The molecule has 4 heteroatoms. The number of aromatic hydroxyl groups is 1. The van der Waals surface area contributed by atoms with E-state index < -0.39 is 0 Å². The van der Waals surface area contributed by atoms with Crippen molar-refractivity contribution in [2.45, 2.75) is 25.4 Å². The molecule has 1 saturated heterocycles. The topological polar surface area (TPSA) is 58.6 Å². The summed E-state index contributed by atoms with van der Waals surface area (Å²) in [5, 5.41) is 12.1. The van der Waals surface area contributed by atoms with E-state index in [0.29, 0.717) is 13.0 Å². The monoisotopic (exact) mass is 235 g/mol. The van der Waals surface area contributed by atoms with Crippen LogP contribution < -0.4 is 5.32 Å². The Morgan fingerprint density at radius 1 is 1.53 bits per heavy atom. The zero-order valence-corrected chi connectivity index (χ0v) is 9.69. The second-order valence-corrected chi connectivity index (χ2v) is 4.29. The summed E-state index contributed by atoms with van der Waals surface area (Å²) in [5.74, 6) is 0.153. The van der Waals surface area contributed by atoms with Gasteiger partial charge in [0.15, 0.2) is 0 Å². The first-order chi connectivity index (χ1) is 8.24. The van der Waals surface area contributed by atoms with E-state index in [4.69, 9.17) is 4.74 Å². The lowest BCUT2D eigenvalue weighted by molar-refractivity contribution is -0.120. The highest BCUT2D eigenvalue weighted by Gasteiger charge is 2.16. The Labute approximate surface area is 101 Å². The molecule has 0 spiro atoms.